The standard InChI is InChI=1S/C19H22N2O3/c22-19(21-16-2-1-3-18-15(16)8-11-24-18)20-9-6-13-4-5-17-14(12-13)7-10-23-17/h4-5,8,11-12,16H,1-3,6-7,9-10H2,(H2,20,21,22). The smallest absolute Gasteiger partial charge is 0.315 e. The van der Waals surface area contributed by atoms with E-state index < -0.39 is 0 Å². The Morgan fingerprint density at radius 2 is 2.21 bits per heavy atom. The van der Waals surface area contributed by atoms with E-state index in [2.05, 4.69) is 22.8 Å². The van der Waals surface area contributed by atoms with Crippen LogP contribution in [0.15, 0.2) is 34.9 Å². The molecule has 1 aromatic heterocycles. The predicted octanol–water partition coefficient (Wildman–Crippen LogP) is 3.13. The summed E-state index contributed by atoms with van der Waals surface area (Å²) in [6.45, 7) is 1.40. The van der Waals surface area contributed by atoms with E-state index in [-0.39, 0.29) is 12.1 Å². The normalized spacial score (nSPS) is 18.4. The fourth-order valence-electron chi connectivity index (χ4n) is 3.56. The number of hydrogen-bond donors (Lipinski definition) is 2. The fourth-order valence-corrected chi connectivity index (χ4v) is 3.56. The average molecular weight is 326 g/mol. The Kier molecular flexibility index (Phi) is 4.15. The Balaban J connectivity index is 1.27. The van der Waals surface area contributed by atoms with Gasteiger partial charge in [-0.1, -0.05) is 12.1 Å². The average Bonchev–Trinajstić information content (AvgIpc) is 3.23. The molecule has 24 heavy (non-hydrogen) atoms. The van der Waals surface area contributed by atoms with Crippen molar-refractivity contribution < 1.29 is 13.9 Å². The molecule has 1 aliphatic carbocycles. The Hall–Kier alpha value is -2.43. The molecule has 0 spiro atoms. The van der Waals surface area contributed by atoms with Crippen LogP contribution in [0.1, 0.15) is 41.3 Å². The summed E-state index contributed by atoms with van der Waals surface area (Å²) in [5.41, 5.74) is 3.62. The number of carbonyl (C=O) groups is 1. The first-order valence-electron chi connectivity index (χ1n) is 8.65. The van der Waals surface area contributed by atoms with Crippen molar-refractivity contribution in [1.29, 1.82) is 0 Å². The largest absolute Gasteiger partial charge is 0.493 e. The molecule has 126 valence electrons. The molecule has 2 N–H and O–H groups in total. The van der Waals surface area contributed by atoms with Gasteiger partial charge in [-0.3, -0.25) is 0 Å². The topological polar surface area (TPSA) is 63.5 Å². The molecule has 5 nitrogen and oxygen atoms in total. The first-order valence-corrected chi connectivity index (χ1v) is 8.65. The third kappa shape index (κ3) is 3.11. The Morgan fingerprint density at radius 3 is 3.17 bits per heavy atom. The molecule has 2 heterocycles. The first-order chi connectivity index (χ1) is 11.8. The van der Waals surface area contributed by atoms with Crippen molar-refractivity contribution in [2.24, 2.45) is 0 Å². The number of furan rings is 1. The number of hydrogen-bond acceptors (Lipinski definition) is 3. The minimum Gasteiger partial charge on any atom is -0.493 e. The van der Waals surface area contributed by atoms with E-state index in [1.165, 1.54) is 11.1 Å². The lowest BCUT2D eigenvalue weighted by Gasteiger charge is -2.22. The summed E-state index contributed by atoms with van der Waals surface area (Å²) in [5.74, 6) is 2.00. The quantitative estimate of drug-likeness (QED) is 0.907. The van der Waals surface area contributed by atoms with Gasteiger partial charge in [0.2, 0.25) is 0 Å². The van der Waals surface area contributed by atoms with E-state index in [4.69, 9.17) is 9.15 Å². The van der Waals surface area contributed by atoms with Crippen LogP contribution in [-0.4, -0.2) is 19.2 Å². The van der Waals surface area contributed by atoms with Crippen LogP contribution >= 0.6 is 0 Å². The van der Waals surface area contributed by atoms with Crippen LogP contribution in [0.2, 0.25) is 0 Å². The SMILES string of the molecule is O=C(NCCc1ccc2c(c1)CCO2)NC1CCCc2occc21. The number of urea groups is 1. The number of ether oxygens (including phenoxy) is 1. The fraction of sp³-hybridized carbons (Fsp3) is 0.421. The number of aryl methyl sites for hydroxylation is 1. The molecular formula is C19H22N2O3. The highest BCUT2D eigenvalue weighted by Gasteiger charge is 2.23. The van der Waals surface area contributed by atoms with Crippen molar-refractivity contribution >= 4 is 6.03 Å². The minimum atomic E-state index is -0.112. The minimum absolute atomic E-state index is 0.0599. The van der Waals surface area contributed by atoms with Crippen LogP contribution in [0.5, 0.6) is 5.75 Å². The maximum absolute atomic E-state index is 12.1. The van der Waals surface area contributed by atoms with Gasteiger partial charge < -0.3 is 19.8 Å². The number of amides is 2. The predicted molar refractivity (Wildman–Crippen MR) is 90.3 cm³/mol. The van der Waals surface area contributed by atoms with Crippen molar-refractivity contribution in [2.45, 2.75) is 38.1 Å². The molecule has 0 bridgehead atoms. The van der Waals surface area contributed by atoms with Crippen molar-refractivity contribution in [3.63, 3.8) is 0 Å². The van der Waals surface area contributed by atoms with Gasteiger partial charge in [0.15, 0.2) is 0 Å². The summed E-state index contributed by atoms with van der Waals surface area (Å²) in [7, 11) is 0. The molecule has 4 rings (SSSR count). The molecular weight excluding hydrogens is 304 g/mol. The highest BCUT2D eigenvalue weighted by Crippen LogP contribution is 2.30. The maximum atomic E-state index is 12.1. The number of nitrogens with one attached hydrogen (secondary N) is 2. The molecule has 1 unspecified atom stereocenters. The number of rotatable bonds is 4. The zero-order valence-electron chi connectivity index (χ0n) is 13.6. The van der Waals surface area contributed by atoms with Crippen molar-refractivity contribution in [3.05, 3.63) is 53.0 Å². The molecule has 2 aliphatic rings. The van der Waals surface area contributed by atoms with E-state index in [1.54, 1.807) is 6.26 Å². The molecule has 0 saturated carbocycles. The second-order valence-electron chi connectivity index (χ2n) is 6.43. The maximum Gasteiger partial charge on any atom is 0.315 e. The van der Waals surface area contributed by atoms with Gasteiger partial charge in [-0.05, 0) is 42.5 Å². The number of benzene rings is 1. The second kappa shape index (κ2) is 6.59. The van der Waals surface area contributed by atoms with E-state index >= 15 is 0 Å². The molecule has 1 atom stereocenters. The Morgan fingerprint density at radius 1 is 1.25 bits per heavy atom. The summed E-state index contributed by atoms with van der Waals surface area (Å²) >= 11 is 0. The highest BCUT2D eigenvalue weighted by molar-refractivity contribution is 5.74. The lowest BCUT2D eigenvalue weighted by Crippen LogP contribution is -2.39. The lowest BCUT2D eigenvalue weighted by atomic mass is 9.93. The summed E-state index contributed by atoms with van der Waals surface area (Å²) in [6, 6.07) is 8.19. The van der Waals surface area contributed by atoms with E-state index in [0.717, 1.165) is 55.8 Å². The summed E-state index contributed by atoms with van der Waals surface area (Å²) in [5, 5.41) is 6.02. The molecule has 0 radical (unpaired) electrons. The van der Waals surface area contributed by atoms with Gasteiger partial charge in [0.05, 0.1) is 18.9 Å². The van der Waals surface area contributed by atoms with Crippen LogP contribution in [0.25, 0.3) is 0 Å². The van der Waals surface area contributed by atoms with E-state index in [9.17, 15) is 4.79 Å². The Bertz CT molecular complexity index is 738. The zero-order chi connectivity index (χ0) is 16.4. The molecule has 2 amide bonds. The van der Waals surface area contributed by atoms with Crippen molar-refractivity contribution in [1.82, 2.24) is 10.6 Å². The van der Waals surface area contributed by atoms with E-state index in [0.29, 0.717) is 6.54 Å². The van der Waals surface area contributed by atoms with Gasteiger partial charge in [-0.2, -0.15) is 0 Å². The summed E-state index contributed by atoms with van der Waals surface area (Å²) in [6.07, 6.45) is 6.48. The third-order valence-corrected chi connectivity index (χ3v) is 4.81. The molecule has 1 aromatic carbocycles. The summed E-state index contributed by atoms with van der Waals surface area (Å²) in [4.78, 5) is 12.1. The van der Waals surface area contributed by atoms with Crippen LogP contribution in [0, 0.1) is 0 Å². The second-order valence-corrected chi connectivity index (χ2v) is 6.43. The van der Waals surface area contributed by atoms with Gasteiger partial charge in [0.25, 0.3) is 0 Å². The van der Waals surface area contributed by atoms with E-state index in [1.807, 2.05) is 12.1 Å². The number of carbonyl (C=O) groups excluding carboxylic acids is 1. The Labute approximate surface area is 141 Å². The van der Waals surface area contributed by atoms with Crippen molar-refractivity contribution in [3.8, 4) is 5.75 Å². The van der Waals surface area contributed by atoms with Gasteiger partial charge >= 0.3 is 6.03 Å². The molecule has 0 fully saturated rings. The molecule has 1 aliphatic heterocycles. The molecule has 5 heteroatoms. The summed E-state index contributed by atoms with van der Waals surface area (Å²) < 4.78 is 11.0. The van der Waals surface area contributed by atoms with Crippen LogP contribution in [0.4, 0.5) is 4.79 Å². The van der Waals surface area contributed by atoms with Crippen LogP contribution in [0.3, 0.4) is 0 Å². The number of fused-ring (bicyclic) bond motifs is 2. The highest BCUT2D eigenvalue weighted by atomic mass is 16.5. The van der Waals surface area contributed by atoms with Gasteiger partial charge in [-0.15, -0.1) is 0 Å². The molecule has 0 saturated heterocycles. The van der Waals surface area contributed by atoms with Gasteiger partial charge in [-0.25, -0.2) is 4.79 Å². The van der Waals surface area contributed by atoms with Crippen LogP contribution in [-0.2, 0) is 19.3 Å². The molecule has 2 aromatic rings. The zero-order valence-corrected chi connectivity index (χ0v) is 13.6. The van der Waals surface area contributed by atoms with Gasteiger partial charge in [0, 0.05) is 24.9 Å². The first kappa shape index (κ1) is 15.1. The van der Waals surface area contributed by atoms with Crippen LogP contribution < -0.4 is 15.4 Å². The van der Waals surface area contributed by atoms with Gasteiger partial charge in [0.1, 0.15) is 11.5 Å². The monoisotopic (exact) mass is 326 g/mol. The van der Waals surface area contributed by atoms with Crippen molar-refractivity contribution in [2.75, 3.05) is 13.2 Å². The lowest BCUT2D eigenvalue weighted by molar-refractivity contribution is 0.235. The third-order valence-electron chi connectivity index (χ3n) is 4.81.